The average molecular weight is 430 g/mol. The number of hydrogen-bond donors (Lipinski definition) is 0. The van der Waals surface area contributed by atoms with Crippen molar-refractivity contribution in [2.75, 3.05) is 13.1 Å². The Morgan fingerprint density at radius 1 is 1.00 bits per heavy atom. The monoisotopic (exact) mass is 429 g/mol. The van der Waals surface area contributed by atoms with Crippen LogP contribution in [0.4, 0.5) is 0 Å². The maximum atomic E-state index is 12.7. The number of likely N-dealkylation sites (tertiary alicyclic amines) is 1. The van der Waals surface area contributed by atoms with Crippen LogP contribution in [-0.4, -0.2) is 53.5 Å². The molecule has 8 heteroatoms. The number of benzene rings is 1. The molecule has 4 heterocycles. The first kappa shape index (κ1) is 20.4. The zero-order valence-electron chi connectivity index (χ0n) is 18.7. The van der Waals surface area contributed by atoms with Gasteiger partial charge in [0.25, 0.3) is 0 Å². The summed E-state index contributed by atoms with van der Waals surface area (Å²) in [5, 5.41) is 17.5. The van der Waals surface area contributed by atoms with E-state index in [1.807, 2.05) is 48.6 Å². The Morgan fingerprint density at radius 2 is 1.78 bits per heavy atom. The van der Waals surface area contributed by atoms with Crippen LogP contribution in [-0.2, 0) is 17.6 Å². The van der Waals surface area contributed by atoms with Gasteiger partial charge in [0.05, 0.1) is 5.69 Å². The molecule has 5 rings (SSSR count). The fourth-order valence-electron chi connectivity index (χ4n) is 4.50. The number of fused-ring (bicyclic) bond motifs is 1. The van der Waals surface area contributed by atoms with Crippen LogP contribution in [0.2, 0.25) is 0 Å². The van der Waals surface area contributed by atoms with Crippen LogP contribution in [0.3, 0.4) is 0 Å². The molecule has 1 amide bonds. The highest BCUT2D eigenvalue weighted by atomic mass is 16.2. The Bertz CT molecular complexity index is 1270. The summed E-state index contributed by atoms with van der Waals surface area (Å²) in [6, 6.07) is 14.3. The number of carbonyl (C=O) groups is 1. The predicted molar refractivity (Wildman–Crippen MR) is 121 cm³/mol. The van der Waals surface area contributed by atoms with Crippen LogP contribution in [0.25, 0.3) is 11.5 Å². The van der Waals surface area contributed by atoms with E-state index >= 15 is 0 Å². The minimum atomic E-state index is 0.223. The van der Waals surface area contributed by atoms with Gasteiger partial charge >= 0.3 is 0 Å². The van der Waals surface area contributed by atoms with Crippen molar-refractivity contribution in [1.82, 2.24) is 34.5 Å². The van der Waals surface area contributed by atoms with Crippen molar-refractivity contribution in [1.29, 1.82) is 0 Å². The Labute approximate surface area is 186 Å². The predicted octanol–water partition coefficient (Wildman–Crippen LogP) is 2.87. The Morgan fingerprint density at radius 3 is 2.56 bits per heavy atom. The van der Waals surface area contributed by atoms with E-state index in [-0.39, 0.29) is 5.91 Å². The number of amides is 1. The van der Waals surface area contributed by atoms with Gasteiger partial charge in [0, 0.05) is 25.2 Å². The van der Waals surface area contributed by atoms with E-state index in [0.29, 0.717) is 30.2 Å². The molecule has 164 valence electrons. The summed E-state index contributed by atoms with van der Waals surface area (Å²) in [6.45, 7) is 7.60. The van der Waals surface area contributed by atoms with Crippen molar-refractivity contribution in [2.24, 2.45) is 5.92 Å². The van der Waals surface area contributed by atoms with Gasteiger partial charge in [-0.3, -0.25) is 4.79 Å². The zero-order chi connectivity index (χ0) is 22.2. The largest absolute Gasteiger partial charge is 0.342 e. The standard InChI is InChI=1S/C24H27N7O/c1-16-21(9-12-24(32)29-14-20(15-29)13-19-7-5-4-6-8-19)17(2)30(27-16)23-11-10-22-26-25-18(3)31(22)28-23/h4-8,10-11,20H,9,12-15H2,1-3H3. The maximum Gasteiger partial charge on any atom is 0.222 e. The van der Waals surface area contributed by atoms with Gasteiger partial charge in [0.1, 0.15) is 0 Å². The molecule has 4 aromatic rings. The first-order valence-corrected chi connectivity index (χ1v) is 11.1. The van der Waals surface area contributed by atoms with Crippen molar-refractivity contribution < 1.29 is 4.79 Å². The van der Waals surface area contributed by atoms with Gasteiger partial charge in [-0.15, -0.1) is 15.3 Å². The SMILES string of the molecule is Cc1nn(-c2ccc3nnc(C)n3n2)c(C)c1CCC(=O)N1CC(Cc2ccccc2)C1. The fourth-order valence-corrected chi connectivity index (χ4v) is 4.50. The number of aryl methyl sites for hydroxylation is 2. The molecule has 0 atom stereocenters. The average Bonchev–Trinajstić information content (AvgIpc) is 3.28. The van der Waals surface area contributed by atoms with Gasteiger partial charge in [-0.25, -0.2) is 4.68 Å². The molecule has 0 unspecified atom stereocenters. The van der Waals surface area contributed by atoms with E-state index in [4.69, 9.17) is 5.10 Å². The van der Waals surface area contributed by atoms with E-state index in [9.17, 15) is 4.79 Å². The van der Waals surface area contributed by atoms with Crippen LogP contribution in [0.1, 0.15) is 34.8 Å². The van der Waals surface area contributed by atoms with Gasteiger partial charge in [-0.2, -0.15) is 9.61 Å². The zero-order valence-corrected chi connectivity index (χ0v) is 18.7. The highest BCUT2D eigenvalue weighted by Gasteiger charge is 2.30. The van der Waals surface area contributed by atoms with Gasteiger partial charge < -0.3 is 4.90 Å². The van der Waals surface area contributed by atoms with E-state index in [2.05, 4.69) is 39.6 Å². The summed E-state index contributed by atoms with van der Waals surface area (Å²) >= 11 is 0. The summed E-state index contributed by atoms with van der Waals surface area (Å²) in [5.41, 5.74) is 5.11. The molecule has 0 radical (unpaired) electrons. The van der Waals surface area contributed by atoms with Crippen molar-refractivity contribution in [2.45, 2.75) is 40.0 Å². The lowest BCUT2D eigenvalue weighted by Crippen LogP contribution is -2.50. The normalized spacial score (nSPS) is 14.2. The molecule has 0 bridgehead atoms. The fraction of sp³-hybridized carbons (Fsp3) is 0.375. The molecule has 0 aliphatic carbocycles. The third-order valence-electron chi connectivity index (χ3n) is 6.33. The lowest BCUT2D eigenvalue weighted by atomic mass is 9.91. The van der Waals surface area contributed by atoms with Crippen molar-refractivity contribution in [3.8, 4) is 5.82 Å². The molecule has 0 spiro atoms. The number of aromatic nitrogens is 6. The molecule has 32 heavy (non-hydrogen) atoms. The third-order valence-corrected chi connectivity index (χ3v) is 6.33. The molecular weight excluding hydrogens is 402 g/mol. The second kappa shape index (κ2) is 8.18. The molecule has 0 N–H and O–H groups in total. The topological polar surface area (TPSA) is 81.2 Å². The van der Waals surface area contributed by atoms with Crippen LogP contribution in [0.15, 0.2) is 42.5 Å². The summed E-state index contributed by atoms with van der Waals surface area (Å²) in [5.74, 6) is 2.23. The van der Waals surface area contributed by atoms with Crippen LogP contribution in [0, 0.1) is 26.7 Å². The Balaban J connectivity index is 1.22. The first-order valence-electron chi connectivity index (χ1n) is 11.1. The Kier molecular flexibility index (Phi) is 5.20. The molecule has 1 aliphatic rings. The minimum absolute atomic E-state index is 0.223. The molecular formula is C24H27N7O. The molecule has 0 saturated carbocycles. The second-order valence-corrected chi connectivity index (χ2v) is 8.62. The van der Waals surface area contributed by atoms with E-state index < -0.39 is 0 Å². The van der Waals surface area contributed by atoms with Gasteiger partial charge in [-0.1, -0.05) is 30.3 Å². The maximum absolute atomic E-state index is 12.7. The highest BCUT2D eigenvalue weighted by molar-refractivity contribution is 5.77. The summed E-state index contributed by atoms with van der Waals surface area (Å²) in [4.78, 5) is 14.7. The minimum Gasteiger partial charge on any atom is -0.342 e. The Hall–Kier alpha value is -3.55. The van der Waals surface area contributed by atoms with Crippen molar-refractivity contribution >= 4 is 11.6 Å². The summed E-state index contributed by atoms with van der Waals surface area (Å²) < 4.78 is 3.55. The molecule has 3 aromatic heterocycles. The second-order valence-electron chi connectivity index (χ2n) is 8.62. The third kappa shape index (κ3) is 3.77. The van der Waals surface area contributed by atoms with E-state index in [1.54, 1.807) is 4.52 Å². The number of rotatable bonds is 6. The van der Waals surface area contributed by atoms with Crippen molar-refractivity contribution in [3.05, 3.63) is 70.8 Å². The van der Waals surface area contributed by atoms with Gasteiger partial charge in [0.2, 0.25) is 5.91 Å². The number of hydrogen-bond acceptors (Lipinski definition) is 5. The smallest absolute Gasteiger partial charge is 0.222 e. The molecule has 1 aromatic carbocycles. The molecule has 1 aliphatic heterocycles. The van der Waals surface area contributed by atoms with Crippen molar-refractivity contribution in [3.63, 3.8) is 0 Å². The van der Waals surface area contributed by atoms with Gasteiger partial charge in [-0.05, 0) is 62.8 Å². The number of nitrogens with zero attached hydrogens (tertiary/aromatic N) is 7. The molecule has 1 saturated heterocycles. The lowest BCUT2D eigenvalue weighted by Gasteiger charge is -2.39. The van der Waals surface area contributed by atoms with Gasteiger partial charge in [0.15, 0.2) is 17.3 Å². The van der Waals surface area contributed by atoms with Crippen LogP contribution in [0.5, 0.6) is 0 Å². The first-order chi connectivity index (χ1) is 15.5. The lowest BCUT2D eigenvalue weighted by molar-refractivity contribution is -0.137. The summed E-state index contributed by atoms with van der Waals surface area (Å²) in [6.07, 6.45) is 2.23. The van der Waals surface area contributed by atoms with E-state index in [1.165, 1.54) is 5.56 Å². The summed E-state index contributed by atoms with van der Waals surface area (Å²) in [7, 11) is 0. The molecule has 8 nitrogen and oxygen atoms in total. The van der Waals surface area contributed by atoms with Crippen LogP contribution >= 0.6 is 0 Å². The molecule has 1 fully saturated rings. The van der Waals surface area contributed by atoms with Crippen LogP contribution < -0.4 is 0 Å². The highest BCUT2D eigenvalue weighted by Crippen LogP contribution is 2.23. The van der Waals surface area contributed by atoms with E-state index in [0.717, 1.165) is 42.3 Å². The quantitative estimate of drug-likeness (QED) is 0.471. The number of carbonyl (C=O) groups excluding carboxylic acids is 1.